The van der Waals surface area contributed by atoms with Crippen molar-refractivity contribution in [2.24, 2.45) is 0 Å². The van der Waals surface area contributed by atoms with Gasteiger partial charge in [-0.15, -0.1) is 0 Å². The molecule has 11 nitrogen and oxygen atoms in total. The van der Waals surface area contributed by atoms with Gasteiger partial charge in [0.2, 0.25) is 5.88 Å². The van der Waals surface area contributed by atoms with Crippen LogP contribution in [-0.4, -0.2) is 83.6 Å². The van der Waals surface area contributed by atoms with Crippen molar-refractivity contribution in [3.05, 3.63) is 60.3 Å². The van der Waals surface area contributed by atoms with E-state index in [2.05, 4.69) is 48.4 Å². The molecule has 0 spiro atoms. The van der Waals surface area contributed by atoms with Crippen LogP contribution in [0.5, 0.6) is 11.6 Å². The van der Waals surface area contributed by atoms with Crippen molar-refractivity contribution < 1.29 is 14.3 Å². The first kappa shape index (κ1) is 25.7. The largest absolute Gasteiger partial charge is 0.495 e. The zero-order chi connectivity index (χ0) is 26.3. The number of benzene rings is 1. The van der Waals surface area contributed by atoms with Crippen LogP contribution in [0.4, 0.5) is 17.3 Å². The molecule has 0 saturated carbocycles. The smallest absolute Gasteiger partial charge is 0.256 e. The fourth-order valence-electron chi connectivity index (χ4n) is 4.27. The van der Waals surface area contributed by atoms with Crippen molar-refractivity contribution in [1.82, 2.24) is 29.5 Å². The highest BCUT2D eigenvalue weighted by Crippen LogP contribution is 2.32. The van der Waals surface area contributed by atoms with Crippen molar-refractivity contribution in [3.63, 3.8) is 0 Å². The quantitative estimate of drug-likeness (QED) is 0.437. The third-order valence-corrected chi connectivity index (χ3v) is 7.36. The van der Waals surface area contributed by atoms with Gasteiger partial charge in [-0.25, -0.2) is 4.44 Å². The number of hydrogen-bond donors (Lipinski definition) is 3. The number of ether oxygens (including phenoxy) is 2. The van der Waals surface area contributed by atoms with E-state index in [4.69, 9.17) is 9.47 Å². The average molecular weight is 537 g/mol. The van der Waals surface area contributed by atoms with Crippen LogP contribution < -0.4 is 25.0 Å². The Labute approximate surface area is 223 Å². The Hall–Kier alpha value is -3.95. The van der Waals surface area contributed by atoms with Gasteiger partial charge in [0.15, 0.2) is 0 Å². The molecule has 3 N–H and O–H groups in total. The lowest BCUT2D eigenvalue weighted by Crippen LogP contribution is -2.44. The average Bonchev–Trinajstić information content (AvgIpc) is 3.15. The van der Waals surface area contributed by atoms with E-state index in [0.717, 1.165) is 49.7 Å². The number of piperazine rings is 1. The molecule has 12 heteroatoms. The van der Waals surface area contributed by atoms with Gasteiger partial charge in [0, 0.05) is 53.4 Å². The van der Waals surface area contributed by atoms with Gasteiger partial charge in [-0.3, -0.25) is 4.79 Å². The van der Waals surface area contributed by atoms with E-state index >= 15 is 0 Å². The molecule has 1 saturated heterocycles. The number of fused-ring (bicyclic) bond motifs is 3. The number of rotatable bonds is 3. The van der Waals surface area contributed by atoms with Crippen LogP contribution >= 0.6 is 8.51 Å². The molecule has 2 aliphatic rings. The highest BCUT2D eigenvalue weighted by Gasteiger charge is 2.19. The fourth-order valence-corrected chi connectivity index (χ4v) is 5.06. The Bertz CT molecular complexity index is 1340. The lowest BCUT2D eigenvalue weighted by molar-refractivity contribution is 0.0958. The highest BCUT2D eigenvalue weighted by atomic mass is 31.1. The zero-order valence-corrected chi connectivity index (χ0v) is 22.6. The zero-order valence-electron chi connectivity index (χ0n) is 21.6. The Balaban J connectivity index is 1.49. The van der Waals surface area contributed by atoms with Crippen LogP contribution in [0.1, 0.15) is 16.8 Å². The maximum absolute atomic E-state index is 13.1. The van der Waals surface area contributed by atoms with E-state index in [1.807, 2.05) is 46.9 Å². The first-order chi connectivity index (χ1) is 18.6. The number of H-pyrrole nitrogens is 1. The molecule has 1 fully saturated rings. The van der Waals surface area contributed by atoms with E-state index in [-0.39, 0.29) is 14.4 Å². The van der Waals surface area contributed by atoms with Gasteiger partial charge in [-0.1, -0.05) is 18.2 Å². The van der Waals surface area contributed by atoms with Crippen molar-refractivity contribution >= 4 is 31.7 Å². The summed E-state index contributed by atoms with van der Waals surface area (Å²) in [5.74, 6) is 2.14. The molecule has 2 bridgehead atoms. The Morgan fingerprint density at radius 3 is 2.82 bits per heavy atom. The molecule has 0 radical (unpaired) electrons. The van der Waals surface area contributed by atoms with Gasteiger partial charge in [-0.05, 0) is 31.7 Å². The number of methoxy groups -OCH3 is 1. The summed E-state index contributed by atoms with van der Waals surface area (Å²) >= 11 is 0. The summed E-state index contributed by atoms with van der Waals surface area (Å²) in [4.78, 5) is 22.3. The Kier molecular flexibility index (Phi) is 8.15. The summed E-state index contributed by atoms with van der Waals surface area (Å²) in [7, 11) is 3.85. The maximum Gasteiger partial charge on any atom is 0.256 e. The normalized spacial score (nSPS) is 17.4. The van der Waals surface area contributed by atoms with E-state index in [1.165, 1.54) is 0 Å². The lowest BCUT2D eigenvalue weighted by atomic mass is 10.2. The topological polar surface area (TPSA) is 113 Å². The second-order valence-electron chi connectivity index (χ2n) is 9.03. The van der Waals surface area contributed by atoms with Crippen LogP contribution in [-0.2, 0) is 0 Å². The number of pyridine rings is 1. The number of amides is 1. The third-order valence-electron chi connectivity index (χ3n) is 6.41. The SMILES string of the molecule is COc1cc(-n2ncc3c([nH][pH]2)Nc2cccc(n2)OCC/C=C\CNC3=O)ccc1N1CCN(C)CC1. The molecule has 0 aliphatic carbocycles. The Morgan fingerprint density at radius 1 is 1.11 bits per heavy atom. The summed E-state index contributed by atoms with van der Waals surface area (Å²) in [6.45, 7) is 4.84. The van der Waals surface area contributed by atoms with Crippen LogP contribution in [0.25, 0.3) is 5.69 Å². The number of nitrogens with zero attached hydrogens (tertiary/aromatic N) is 5. The second-order valence-corrected chi connectivity index (χ2v) is 9.93. The molecule has 1 atom stereocenters. The molecule has 1 aromatic carbocycles. The first-order valence-corrected chi connectivity index (χ1v) is 13.6. The van der Waals surface area contributed by atoms with E-state index < -0.39 is 0 Å². The van der Waals surface area contributed by atoms with Gasteiger partial charge in [0.25, 0.3) is 5.91 Å². The van der Waals surface area contributed by atoms with E-state index in [0.29, 0.717) is 36.2 Å². The standard InChI is InChI=1S/C26H33N8O3P/c1-32-12-14-33(15-13-32)21-10-9-19(17-22(21)36-2)34-28-18-20-25(31-38-34)30-23-7-6-8-24(29-23)37-16-5-3-4-11-27-26(20)35/h3-4,6-10,17-18,31,38H,5,11-16H2,1-2H3,(H,27,35)(H,29,30)/b4-3-. The maximum atomic E-state index is 13.1. The molecular weight excluding hydrogens is 503 g/mol. The summed E-state index contributed by atoms with van der Waals surface area (Å²) < 4.78 is 16.7. The molecule has 200 valence electrons. The molecule has 2 aliphatic heterocycles. The molecule has 1 amide bonds. The van der Waals surface area contributed by atoms with Gasteiger partial charge in [0.1, 0.15) is 22.9 Å². The monoisotopic (exact) mass is 536 g/mol. The van der Waals surface area contributed by atoms with E-state index in [1.54, 1.807) is 13.3 Å². The minimum atomic E-state index is -0.243. The molecule has 4 heterocycles. The van der Waals surface area contributed by atoms with Gasteiger partial charge in [0.05, 0.1) is 31.3 Å². The number of anilines is 3. The van der Waals surface area contributed by atoms with Crippen molar-refractivity contribution in [3.8, 4) is 17.3 Å². The predicted octanol–water partition coefficient (Wildman–Crippen LogP) is 3.32. The van der Waals surface area contributed by atoms with Crippen molar-refractivity contribution in [2.75, 3.05) is 63.7 Å². The summed E-state index contributed by atoms with van der Waals surface area (Å²) in [6.07, 6.45) is 6.18. The number of aromatic nitrogens is 4. The predicted molar refractivity (Wildman–Crippen MR) is 150 cm³/mol. The fraction of sp³-hybridized carbons (Fsp3) is 0.346. The third kappa shape index (κ3) is 6.12. The highest BCUT2D eigenvalue weighted by molar-refractivity contribution is 7.21. The minimum Gasteiger partial charge on any atom is -0.495 e. The number of carbonyl (C=O) groups is 1. The summed E-state index contributed by atoms with van der Waals surface area (Å²) in [5.41, 5.74) is 2.29. The van der Waals surface area contributed by atoms with Gasteiger partial charge >= 0.3 is 0 Å². The van der Waals surface area contributed by atoms with E-state index in [9.17, 15) is 4.79 Å². The number of hydrogen-bond acceptors (Lipinski definition) is 8. The van der Waals surface area contributed by atoms with Crippen molar-refractivity contribution in [1.29, 1.82) is 0 Å². The molecule has 5 rings (SSSR count). The lowest BCUT2D eigenvalue weighted by Gasteiger charge is -2.34. The molecule has 3 aromatic rings. The number of aromatic amines is 1. The Morgan fingerprint density at radius 2 is 1.97 bits per heavy atom. The van der Waals surface area contributed by atoms with Gasteiger partial charge in [-0.2, -0.15) is 10.1 Å². The summed E-state index contributed by atoms with van der Waals surface area (Å²) in [5, 5.41) is 10.8. The first-order valence-electron chi connectivity index (χ1n) is 12.6. The second kappa shape index (κ2) is 12.1. The summed E-state index contributed by atoms with van der Waals surface area (Å²) in [6, 6.07) is 11.6. The molecular formula is C26H33N8O3P. The minimum absolute atomic E-state index is 0.0188. The number of carbonyl (C=O) groups excluding carboxylic acids is 1. The molecule has 38 heavy (non-hydrogen) atoms. The number of nitrogens with one attached hydrogen (secondary N) is 3. The van der Waals surface area contributed by atoms with Gasteiger partial charge < -0.3 is 34.7 Å². The van der Waals surface area contributed by atoms with Crippen molar-refractivity contribution in [2.45, 2.75) is 6.42 Å². The molecule has 2 aromatic heterocycles. The van der Waals surface area contributed by atoms with Crippen LogP contribution in [0.15, 0.2) is 54.7 Å². The molecule has 1 unspecified atom stereocenters. The van der Waals surface area contributed by atoms with Crippen LogP contribution in [0, 0.1) is 0 Å². The van der Waals surface area contributed by atoms with Crippen LogP contribution in [0.3, 0.4) is 0 Å². The number of likely N-dealkylation sites (N-methyl/N-ethyl adjacent to an activating group) is 1. The van der Waals surface area contributed by atoms with Crippen LogP contribution in [0.2, 0.25) is 0 Å².